The van der Waals surface area contributed by atoms with Gasteiger partial charge in [-0.05, 0) is 25.0 Å². The molecule has 3 heterocycles. The van der Waals surface area contributed by atoms with Crippen molar-refractivity contribution in [1.82, 2.24) is 15.5 Å². The molecule has 0 radical (unpaired) electrons. The maximum Gasteiger partial charge on any atom is 0.326 e. The van der Waals surface area contributed by atoms with Crippen LogP contribution >= 0.6 is 0 Å². The fourth-order valence-electron chi connectivity index (χ4n) is 2.65. The van der Waals surface area contributed by atoms with Gasteiger partial charge in [-0.25, -0.2) is 4.79 Å². The van der Waals surface area contributed by atoms with Crippen LogP contribution in [0.2, 0.25) is 0 Å². The number of nitrogens with one attached hydrogen (secondary N) is 1. The van der Waals surface area contributed by atoms with Crippen LogP contribution in [0.25, 0.3) is 11.3 Å². The van der Waals surface area contributed by atoms with Crippen LogP contribution in [-0.4, -0.2) is 46.4 Å². The summed E-state index contributed by atoms with van der Waals surface area (Å²) in [6, 6.07) is 3.95. The maximum absolute atomic E-state index is 12.3. The first-order valence-electron chi connectivity index (χ1n) is 7.63. The number of hydrogen-bond donors (Lipinski definition) is 2. The lowest BCUT2D eigenvalue weighted by atomic mass is 9.93. The Morgan fingerprint density at radius 1 is 1.42 bits per heavy atom. The van der Waals surface area contributed by atoms with E-state index in [9.17, 15) is 14.7 Å². The number of aliphatic carboxylic acids is 1. The molecule has 0 aliphatic carbocycles. The molecule has 8 heteroatoms. The standard InChI is InChI=1S/C16H17N3O5/c20-15(18-14(16(21)22)11-4-2-6-23-9-11)12-7-13(24-19-12)10-3-1-5-17-8-10/h1,3,5,7-8,11,14H,2,4,6,9H2,(H,18,20)(H,21,22)/t11-,14-/m1/s1. The molecular weight excluding hydrogens is 314 g/mol. The predicted molar refractivity (Wildman–Crippen MR) is 82.2 cm³/mol. The van der Waals surface area contributed by atoms with Gasteiger partial charge in [-0.1, -0.05) is 5.16 Å². The van der Waals surface area contributed by atoms with Crippen LogP contribution in [0.3, 0.4) is 0 Å². The van der Waals surface area contributed by atoms with E-state index >= 15 is 0 Å². The van der Waals surface area contributed by atoms with Crippen molar-refractivity contribution in [3.8, 4) is 11.3 Å². The normalized spacial score (nSPS) is 18.8. The summed E-state index contributed by atoms with van der Waals surface area (Å²) >= 11 is 0. The first-order chi connectivity index (χ1) is 11.6. The van der Waals surface area contributed by atoms with E-state index in [1.807, 2.05) is 0 Å². The summed E-state index contributed by atoms with van der Waals surface area (Å²) in [5, 5.41) is 15.6. The Morgan fingerprint density at radius 3 is 2.96 bits per heavy atom. The Kier molecular flexibility index (Phi) is 4.85. The molecule has 8 nitrogen and oxygen atoms in total. The largest absolute Gasteiger partial charge is 0.480 e. The predicted octanol–water partition coefficient (Wildman–Crippen LogP) is 1.35. The van der Waals surface area contributed by atoms with Gasteiger partial charge in [0.25, 0.3) is 5.91 Å². The van der Waals surface area contributed by atoms with Crippen LogP contribution in [0.4, 0.5) is 0 Å². The summed E-state index contributed by atoms with van der Waals surface area (Å²) in [7, 11) is 0. The third kappa shape index (κ3) is 3.60. The van der Waals surface area contributed by atoms with E-state index < -0.39 is 17.9 Å². The molecule has 1 amide bonds. The van der Waals surface area contributed by atoms with Gasteiger partial charge >= 0.3 is 5.97 Å². The lowest BCUT2D eigenvalue weighted by Gasteiger charge is -2.27. The first kappa shape index (κ1) is 16.1. The van der Waals surface area contributed by atoms with Gasteiger partial charge in [0, 0.05) is 36.5 Å². The average molecular weight is 331 g/mol. The van der Waals surface area contributed by atoms with Crippen molar-refractivity contribution >= 4 is 11.9 Å². The molecule has 0 bridgehead atoms. The van der Waals surface area contributed by atoms with Gasteiger partial charge in [-0.15, -0.1) is 0 Å². The van der Waals surface area contributed by atoms with E-state index in [-0.39, 0.29) is 11.6 Å². The zero-order chi connectivity index (χ0) is 16.9. The Labute approximate surface area is 137 Å². The topological polar surface area (TPSA) is 115 Å². The Bertz CT molecular complexity index is 710. The second kappa shape index (κ2) is 7.22. The number of ether oxygens (including phenoxy) is 1. The summed E-state index contributed by atoms with van der Waals surface area (Å²) in [5.41, 5.74) is 0.705. The number of carboxylic acids is 1. The van der Waals surface area contributed by atoms with Crippen molar-refractivity contribution in [2.45, 2.75) is 18.9 Å². The molecule has 0 aromatic carbocycles. The Morgan fingerprint density at radius 2 is 2.29 bits per heavy atom. The van der Waals surface area contributed by atoms with Crippen LogP contribution in [-0.2, 0) is 9.53 Å². The van der Waals surface area contributed by atoms with Crippen LogP contribution < -0.4 is 5.32 Å². The summed E-state index contributed by atoms with van der Waals surface area (Å²) in [6.07, 6.45) is 4.68. The van der Waals surface area contributed by atoms with E-state index in [0.717, 1.165) is 6.42 Å². The highest BCUT2D eigenvalue weighted by Gasteiger charge is 2.32. The molecule has 2 aromatic heterocycles. The third-order valence-corrected chi connectivity index (χ3v) is 3.91. The minimum atomic E-state index is -1.09. The van der Waals surface area contributed by atoms with Gasteiger partial charge in [0.2, 0.25) is 0 Å². The van der Waals surface area contributed by atoms with Crippen LogP contribution in [0.1, 0.15) is 23.3 Å². The zero-order valence-corrected chi connectivity index (χ0v) is 12.8. The molecule has 1 fully saturated rings. The minimum Gasteiger partial charge on any atom is -0.480 e. The van der Waals surface area contributed by atoms with Gasteiger partial charge in [0.05, 0.1) is 6.61 Å². The van der Waals surface area contributed by atoms with Gasteiger partial charge in [0.1, 0.15) is 6.04 Å². The number of nitrogens with zero attached hydrogens (tertiary/aromatic N) is 2. The van der Waals surface area contributed by atoms with Gasteiger partial charge in [-0.3, -0.25) is 9.78 Å². The van der Waals surface area contributed by atoms with Crippen molar-refractivity contribution in [2.75, 3.05) is 13.2 Å². The number of carbonyl (C=O) groups is 2. The molecule has 2 N–H and O–H groups in total. The first-order valence-corrected chi connectivity index (χ1v) is 7.63. The SMILES string of the molecule is O=C(N[C@@H](C(=O)O)[C@@H]1CCCOC1)c1cc(-c2cccnc2)on1. The van der Waals surface area contributed by atoms with E-state index in [2.05, 4.69) is 15.5 Å². The average Bonchev–Trinajstić information content (AvgIpc) is 3.11. The fourth-order valence-corrected chi connectivity index (χ4v) is 2.65. The number of hydrogen-bond acceptors (Lipinski definition) is 6. The number of pyridine rings is 1. The number of carboxylic acid groups (broad SMARTS) is 1. The second-order valence-corrected chi connectivity index (χ2v) is 5.58. The Hall–Kier alpha value is -2.74. The molecule has 2 aromatic rings. The lowest BCUT2D eigenvalue weighted by Crippen LogP contribution is -2.48. The van der Waals surface area contributed by atoms with Crippen molar-refractivity contribution in [3.63, 3.8) is 0 Å². The molecule has 1 aliphatic heterocycles. The number of rotatable bonds is 5. The Balaban J connectivity index is 1.71. The molecule has 1 saturated heterocycles. The van der Waals surface area contributed by atoms with Crippen molar-refractivity contribution in [3.05, 3.63) is 36.3 Å². The van der Waals surface area contributed by atoms with Crippen molar-refractivity contribution in [2.24, 2.45) is 5.92 Å². The summed E-state index contributed by atoms with van der Waals surface area (Å²) in [4.78, 5) is 27.7. The summed E-state index contributed by atoms with van der Waals surface area (Å²) in [5.74, 6) is -1.55. The summed E-state index contributed by atoms with van der Waals surface area (Å²) < 4.78 is 10.4. The highest BCUT2D eigenvalue weighted by molar-refractivity contribution is 5.95. The van der Waals surface area contributed by atoms with E-state index in [0.29, 0.717) is 31.0 Å². The van der Waals surface area contributed by atoms with E-state index in [4.69, 9.17) is 9.26 Å². The van der Waals surface area contributed by atoms with Crippen LogP contribution in [0, 0.1) is 5.92 Å². The van der Waals surface area contributed by atoms with E-state index in [1.165, 1.54) is 6.07 Å². The van der Waals surface area contributed by atoms with Gasteiger partial charge in [0.15, 0.2) is 11.5 Å². The van der Waals surface area contributed by atoms with Crippen molar-refractivity contribution < 1.29 is 24.0 Å². The third-order valence-electron chi connectivity index (χ3n) is 3.91. The monoisotopic (exact) mass is 331 g/mol. The molecule has 126 valence electrons. The molecule has 0 saturated carbocycles. The smallest absolute Gasteiger partial charge is 0.326 e. The maximum atomic E-state index is 12.3. The van der Waals surface area contributed by atoms with Crippen LogP contribution in [0.15, 0.2) is 35.1 Å². The van der Waals surface area contributed by atoms with Crippen molar-refractivity contribution in [1.29, 1.82) is 0 Å². The number of amides is 1. The number of carbonyl (C=O) groups excluding carboxylic acids is 1. The molecular formula is C16H17N3O5. The summed E-state index contributed by atoms with van der Waals surface area (Å²) in [6.45, 7) is 0.936. The van der Waals surface area contributed by atoms with Crippen LogP contribution in [0.5, 0.6) is 0 Å². The molecule has 24 heavy (non-hydrogen) atoms. The van der Waals surface area contributed by atoms with Gasteiger partial charge in [-0.2, -0.15) is 0 Å². The second-order valence-electron chi connectivity index (χ2n) is 5.58. The van der Waals surface area contributed by atoms with Gasteiger partial charge < -0.3 is 19.7 Å². The molecule has 2 atom stereocenters. The molecule has 0 spiro atoms. The quantitative estimate of drug-likeness (QED) is 0.849. The highest BCUT2D eigenvalue weighted by atomic mass is 16.5. The molecule has 0 unspecified atom stereocenters. The highest BCUT2D eigenvalue weighted by Crippen LogP contribution is 2.20. The minimum absolute atomic E-state index is 0.0248. The molecule has 1 aliphatic rings. The fraction of sp³-hybridized carbons (Fsp3) is 0.375. The van der Waals surface area contributed by atoms with E-state index in [1.54, 1.807) is 24.5 Å². The number of aromatic nitrogens is 2. The zero-order valence-electron chi connectivity index (χ0n) is 12.8. The molecule has 3 rings (SSSR count). The lowest BCUT2D eigenvalue weighted by molar-refractivity contribution is -0.142.